The molecule has 1 N–H and O–H groups in total. The Kier molecular flexibility index (Phi) is 3.77. The summed E-state index contributed by atoms with van der Waals surface area (Å²) in [6.07, 6.45) is 0. The molecule has 4 nitrogen and oxygen atoms in total. The van der Waals surface area contributed by atoms with Crippen LogP contribution in [0.25, 0.3) is 0 Å². The number of allylic oxidation sites excluding steroid dienone is 1. The minimum absolute atomic E-state index is 0.320. The van der Waals surface area contributed by atoms with Crippen molar-refractivity contribution in [2.75, 3.05) is 16.8 Å². The Morgan fingerprint density at radius 1 is 1.26 bits per heavy atom. The minimum atomic E-state index is -0.329. The van der Waals surface area contributed by atoms with E-state index < -0.39 is 0 Å². The second kappa shape index (κ2) is 5.28. The number of anilines is 2. The summed E-state index contributed by atoms with van der Waals surface area (Å²) < 4.78 is 12.3. The fourth-order valence-electron chi connectivity index (χ4n) is 3.20. The van der Waals surface area contributed by atoms with Gasteiger partial charge in [0.15, 0.2) is 0 Å². The molecule has 0 saturated carbocycles. The zero-order valence-corrected chi connectivity index (χ0v) is 15.1. The van der Waals surface area contributed by atoms with Gasteiger partial charge in [0.1, 0.15) is 0 Å². The van der Waals surface area contributed by atoms with Crippen molar-refractivity contribution in [1.82, 2.24) is 0 Å². The molecule has 1 atom stereocenters. The van der Waals surface area contributed by atoms with Crippen molar-refractivity contribution in [3.05, 3.63) is 30.5 Å². The molecule has 1 aromatic rings. The highest BCUT2D eigenvalue weighted by molar-refractivity contribution is 6.62. The summed E-state index contributed by atoms with van der Waals surface area (Å²) >= 11 is 0. The highest BCUT2D eigenvalue weighted by Crippen LogP contribution is 2.38. The molecular weight excluding hydrogens is 287 g/mol. The Hall–Kier alpha value is -1.46. The van der Waals surface area contributed by atoms with Crippen LogP contribution in [-0.4, -0.2) is 30.9 Å². The average molecular weight is 314 g/mol. The lowest BCUT2D eigenvalue weighted by atomic mass is 9.78. The van der Waals surface area contributed by atoms with Crippen LogP contribution in [-0.2, 0) is 9.31 Å². The Labute approximate surface area is 140 Å². The van der Waals surface area contributed by atoms with Gasteiger partial charge >= 0.3 is 7.12 Å². The van der Waals surface area contributed by atoms with Crippen molar-refractivity contribution in [3.8, 4) is 0 Å². The monoisotopic (exact) mass is 314 g/mol. The zero-order valence-electron chi connectivity index (χ0n) is 15.1. The predicted octanol–water partition coefficient (Wildman–Crippen LogP) is 3.14. The fourth-order valence-corrected chi connectivity index (χ4v) is 3.20. The number of rotatable bonds is 2. The van der Waals surface area contributed by atoms with Crippen LogP contribution in [0.4, 0.5) is 11.4 Å². The molecule has 2 heterocycles. The molecule has 124 valence electrons. The predicted molar refractivity (Wildman–Crippen MR) is 97.4 cm³/mol. The van der Waals surface area contributed by atoms with Crippen molar-refractivity contribution < 1.29 is 9.31 Å². The molecule has 0 aromatic heterocycles. The van der Waals surface area contributed by atoms with E-state index in [9.17, 15) is 0 Å². The van der Waals surface area contributed by atoms with Gasteiger partial charge in [-0.3, -0.25) is 0 Å². The lowest BCUT2D eigenvalue weighted by Gasteiger charge is -2.38. The molecule has 1 aromatic carbocycles. The van der Waals surface area contributed by atoms with Crippen LogP contribution >= 0.6 is 0 Å². The molecule has 1 saturated heterocycles. The molecular formula is C18H27BN2O2. The number of benzene rings is 1. The number of hydrogen-bond acceptors (Lipinski definition) is 4. The summed E-state index contributed by atoms with van der Waals surface area (Å²) in [7, 11) is -0.329. The summed E-state index contributed by atoms with van der Waals surface area (Å²) in [4.78, 5) is 2.28. The maximum atomic E-state index is 6.16. The van der Waals surface area contributed by atoms with Gasteiger partial charge in [-0.25, -0.2) is 0 Å². The summed E-state index contributed by atoms with van der Waals surface area (Å²) in [5.41, 5.74) is 3.74. The number of nitrogens with one attached hydrogen (secondary N) is 1. The maximum Gasteiger partial charge on any atom is 0.494 e. The topological polar surface area (TPSA) is 33.7 Å². The molecule has 5 heteroatoms. The second-order valence-electron chi connectivity index (χ2n) is 7.70. The van der Waals surface area contributed by atoms with Gasteiger partial charge in [-0.15, -0.1) is 0 Å². The Balaban J connectivity index is 1.92. The third-order valence-electron chi connectivity index (χ3n) is 5.25. The van der Waals surface area contributed by atoms with Gasteiger partial charge < -0.3 is 19.5 Å². The molecule has 1 unspecified atom stereocenters. The third kappa shape index (κ3) is 2.66. The van der Waals surface area contributed by atoms with Crippen molar-refractivity contribution in [2.45, 2.75) is 58.8 Å². The van der Waals surface area contributed by atoms with Gasteiger partial charge in [0.05, 0.1) is 22.6 Å². The van der Waals surface area contributed by atoms with Crippen LogP contribution in [0.15, 0.2) is 30.5 Å². The van der Waals surface area contributed by atoms with E-state index in [1.54, 1.807) is 0 Å². The molecule has 0 spiro atoms. The Morgan fingerprint density at radius 2 is 1.87 bits per heavy atom. The standard InChI is InChI=1S/C18H27BN2O2/c1-12(2)21-13(3)11-20-15-10-14(8-9-16(15)21)19-22-17(4,5)18(6,7)23-19/h8-10,13,20H,1,11H2,2-7H3. The van der Waals surface area contributed by atoms with Crippen LogP contribution < -0.4 is 15.7 Å². The largest absolute Gasteiger partial charge is 0.494 e. The van der Waals surface area contributed by atoms with Crippen LogP contribution in [0, 0.1) is 0 Å². The molecule has 23 heavy (non-hydrogen) atoms. The van der Waals surface area contributed by atoms with E-state index in [0.29, 0.717) is 6.04 Å². The molecule has 1 fully saturated rings. The Bertz CT molecular complexity index is 626. The SMILES string of the molecule is C=C(C)N1c2ccc(B3OC(C)(C)C(C)(C)O3)cc2NCC1C. The number of hydrogen-bond donors (Lipinski definition) is 1. The summed E-state index contributed by atoms with van der Waals surface area (Å²) in [5.74, 6) is 0. The molecule has 0 bridgehead atoms. The molecule has 0 aliphatic carbocycles. The van der Waals surface area contributed by atoms with Gasteiger partial charge in [0, 0.05) is 18.3 Å². The van der Waals surface area contributed by atoms with E-state index in [-0.39, 0.29) is 18.3 Å². The van der Waals surface area contributed by atoms with Crippen molar-refractivity contribution in [1.29, 1.82) is 0 Å². The lowest BCUT2D eigenvalue weighted by Crippen LogP contribution is -2.42. The average Bonchev–Trinajstić information content (AvgIpc) is 2.66. The maximum absolute atomic E-state index is 6.16. The summed E-state index contributed by atoms with van der Waals surface area (Å²) in [5, 5.41) is 3.51. The molecule has 3 rings (SSSR count). The quantitative estimate of drug-likeness (QED) is 0.850. The smallest absolute Gasteiger partial charge is 0.399 e. The minimum Gasteiger partial charge on any atom is -0.399 e. The van der Waals surface area contributed by atoms with Crippen LogP contribution in [0.3, 0.4) is 0 Å². The van der Waals surface area contributed by atoms with Gasteiger partial charge in [0.2, 0.25) is 0 Å². The highest BCUT2D eigenvalue weighted by Gasteiger charge is 2.51. The van der Waals surface area contributed by atoms with E-state index in [4.69, 9.17) is 9.31 Å². The second-order valence-corrected chi connectivity index (χ2v) is 7.70. The first-order valence-electron chi connectivity index (χ1n) is 8.30. The lowest BCUT2D eigenvalue weighted by molar-refractivity contribution is 0.00578. The summed E-state index contributed by atoms with van der Waals surface area (Å²) in [6, 6.07) is 6.76. The highest BCUT2D eigenvalue weighted by atomic mass is 16.7. The van der Waals surface area contributed by atoms with Crippen LogP contribution in [0.2, 0.25) is 0 Å². The molecule has 2 aliphatic heterocycles. The normalized spacial score (nSPS) is 25.0. The number of fused-ring (bicyclic) bond motifs is 1. The van der Waals surface area contributed by atoms with Gasteiger partial charge in [-0.2, -0.15) is 0 Å². The van der Waals surface area contributed by atoms with Crippen molar-refractivity contribution in [2.24, 2.45) is 0 Å². The van der Waals surface area contributed by atoms with E-state index in [0.717, 1.165) is 29.1 Å². The Morgan fingerprint density at radius 3 is 2.43 bits per heavy atom. The molecule has 0 amide bonds. The molecule has 0 radical (unpaired) electrons. The van der Waals surface area contributed by atoms with E-state index in [2.05, 4.69) is 69.6 Å². The van der Waals surface area contributed by atoms with Gasteiger partial charge in [-0.05, 0) is 59.1 Å². The first-order chi connectivity index (χ1) is 10.6. The fraction of sp³-hybridized carbons (Fsp3) is 0.556. The first kappa shape index (κ1) is 16.4. The van der Waals surface area contributed by atoms with Gasteiger partial charge in [-0.1, -0.05) is 12.6 Å². The van der Waals surface area contributed by atoms with E-state index in [1.807, 2.05) is 6.92 Å². The van der Waals surface area contributed by atoms with Crippen molar-refractivity contribution in [3.63, 3.8) is 0 Å². The molecule has 2 aliphatic rings. The number of nitrogens with zero attached hydrogens (tertiary/aromatic N) is 1. The van der Waals surface area contributed by atoms with Crippen molar-refractivity contribution >= 4 is 24.0 Å². The van der Waals surface area contributed by atoms with Gasteiger partial charge in [0.25, 0.3) is 0 Å². The third-order valence-corrected chi connectivity index (χ3v) is 5.25. The van der Waals surface area contributed by atoms with E-state index >= 15 is 0 Å². The van der Waals surface area contributed by atoms with Crippen LogP contribution in [0.1, 0.15) is 41.5 Å². The summed E-state index contributed by atoms with van der Waals surface area (Å²) in [6.45, 7) is 17.6. The zero-order chi connectivity index (χ0) is 17.0. The van der Waals surface area contributed by atoms with Crippen LogP contribution in [0.5, 0.6) is 0 Å². The van der Waals surface area contributed by atoms with E-state index in [1.165, 1.54) is 0 Å². The first-order valence-corrected chi connectivity index (χ1v) is 8.30.